The molecule has 0 radical (unpaired) electrons. The van der Waals surface area contributed by atoms with Crippen molar-refractivity contribution in [2.24, 2.45) is 5.92 Å². The average molecular weight is 194 g/mol. The van der Waals surface area contributed by atoms with Crippen LogP contribution in [0, 0.1) is 5.92 Å². The van der Waals surface area contributed by atoms with Crippen LogP contribution in [0.25, 0.3) is 0 Å². The molecule has 0 saturated heterocycles. The van der Waals surface area contributed by atoms with Gasteiger partial charge in [0, 0.05) is 0 Å². The van der Waals surface area contributed by atoms with Crippen LogP contribution in [0.1, 0.15) is 19.4 Å². The van der Waals surface area contributed by atoms with Gasteiger partial charge in [-0.25, -0.2) is 0 Å². The van der Waals surface area contributed by atoms with Gasteiger partial charge in [-0.2, -0.15) is 0 Å². The molecule has 0 heterocycles. The van der Waals surface area contributed by atoms with E-state index < -0.39 is 0 Å². The molecule has 0 aliphatic carbocycles. The van der Waals surface area contributed by atoms with Crippen LogP contribution in [-0.2, 0) is 6.61 Å². The van der Waals surface area contributed by atoms with E-state index in [1.807, 2.05) is 12.1 Å². The minimum Gasteiger partial charge on any atom is -0.392 e. The standard InChI is InChI=1S/C11H18OSi/c1-9(2)8-13-11-5-3-10(7-12)4-6-11/h3-6,9,12H,7-8,13H2,1-2H3. The highest BCUT2D eigenvalue weighted by molar-refractivity contribution is 6.53. The molecule has 72 valence electrons. The topological polar surface area (TPSA) is 20.2 Å². The predicted molar refractivity (Wildman–Crippen MR) is 60.2 cm³/mol. The fourth-order valence-corrected chi connectivity index (χ4v) is 2.75. The van der Waals surface area contributed by atoms with Crippen LogP contribution in [0.5, 0.6) is 0 Å². The number of hydrogen-bond acceptors (Lipinski definition) is 1. The van der Waals surface area contributed by atoms with Crippen molar-refractivity contribution in [1.29, 1.82) is 0 Å². The van der Waals surface area contributed by atoms with Crippen molar-refractivity contribution >= 4 is 14.7 Å². The van der Waals surface area contributed by atoms with Gasteiger partial charge in [0.25, 0.3) is 0 Å². The molecule has 0 bridgehead atoms. The first-order chi connectivity index (χ1) is 6.22. The van der Waals surface area contributed by atoms with Gasteiger partial charge >= 0.3 is 0 Å². The minimum atomic E-state index is -0.0642. The molecule has 0 spiro atoms. The van der Waals surface area contributed by atoms with Crippen LogP contribution in [0.15, 0.2) is 24.3 Å². The quantitative estimate of drug-likeness (QED) is 0.710. The smallest absolute Gasteiger partial charge is 0.0681 e. The molecule has 0 fully saturated rings. The Hall–Kier alpha value is -0.603. The molecule has 1 rings (SSSR count). The number of aliphatic hydroxyl groups is 1. The summed E-state index contributed by atoms with van der Waals surface area (Å²) in [5.41, 5.74) is 1.02. The highest BCUT2D eigenvalue weighted by Crippen LogP contribution is 2.00. The van der Waals surface area contributed by atoms with Crippen LogP contribution in [0.4, 0.5) is 0 Å². The van der Waals surface area contributed by atoms with E-state index in [4.69, 9.17) is 5.11 Å². The molecular weight excluding hydrogens is 176 g/mol. The summed E-state index contributed by atoms with van der Waals surface area (Å²) in [7, 11) is -0.0642. The van der Waals surface area contributed by atoms with E-state index in [2.05, 4.69) is 26.0 Å². The maximum atomic E-state index is 8.86. The summed E-state index contributed by atoms with van der Waals surface area (Å²) < 4.78 is 0. The average Bonchev–Trinajstić information content (AvgIpc) is 2.15. The first-order valence-corrected chi connectivity index (χ1v) is 6.61. The summed E-state index contributed by atoms with van der Waals surface area (Å²) in [6.07, 6.45) is 0. The van der Waals surface area contributed by atoms with Crippen molar-refractivity contribution in [3.8, 4) is 0 Å². The highest BCUT2D eigenvalue weighted by atomic mass is 28.2. The number of hydrogen-bond donors (Lipinski definition) is 1. The highest BCUT2D eigenvalue weighted by Gasteiger charge is 1.97. The van der Waals surface area contributed by atoms with E-state index in [0.29, 0.717) is 0 Å². The monoisotopic (exact) mass is 194 g/mol. The Morgan fingerprint density at radius 3 is 2.31 bits per heavy atom. The SMILES string of the molecule is CC(C)C[SiH2]c1ccc(CO)cc1. The zero-order valence-electron chi connectivity index (χ0n) is 8.46. The number of aliphatic hydroxyl groups excluding tert-OH is 1. The van der Waals surface area contributed by atoms with Gasteiger partial charge < -0.3 is 5.11 Å². The molecule has 1 N–H and O–H groups in total. The van der Waals surface area contributed by atoms with Gasteiger partial charge in [-0.15, -0.1) is 0 Å². The Bertz CT molecular complexity index is 241. The van der Waals surface area contributed by atoms with Crippen molar-refractivity contribution in [3.05, 3.63) is 29.8 Å². The van der Waals surface area contributed by atoms with Gasteiger partial charge in [0.1, 0.15) is 0 Å². The molecule has 1 nitrogen and oxygen atoms in total. The molecule has 0 aromatic heterocycles. The van der Waals surface area contributed by atoms with E-state index in [-0.39, 0.29) is 16.1 Å². The van der Waals surface area contributed by atoms with E-state index in [0.717, 1.165) is 11.5 Å². The van der Waals surface area contributed by atoms with Crippen molar-refractivity contribution in [2.75, 3.05) is 0 Å². The molecule has 0 aliphatic heterocycles. The molecular formula is C11H18OSi. The Balaban J connectivity index is 2.49. The number of benzene rings is 1. The number of rotatable bonds is 4. The second kappa shape index (κ2) is 5.20. The van der Waals surface area contributed by atoms with Crippen molar-refractivity contribution < 1.29 is 5.11 Å². The minimum absolute atomic E-state index is 0.0642. The lowest BCUT2D eigenvalue weighted by Crippen LogP contribution is -2.15. The zero-order chi connectivity index (χ0) is 9.68. The van der Waals surface area contributed by atoms with Gasteiger partial charge in [-0.05, 0) is 11.5 Å². The Morgan fingerprint density at radius 2 is 1.85 bits per heavy atom. The largest absolute Gasteiger partial charge is 0.392 e. The molecule has 0 unspecified atom stereocenters. The van der Waals surface area contributed by atoms with Gasteiger partial charge in [0.05, 0.1) is 16.1 Å². The summed E-state index contributed by atoms with van der Waals surface area (Å²) >= 11 is 0. The van der Waals surface area contributed by atoms with Crippen molar-refractivity contribution in [2.45, 2.75) is 26.5 Å². The van der Waals surface area contributed by atoms with Crippen molar-refractivity contribution in [3.63, 3.8) is 0 Å². The van der Waals surface area contributed by atoms with Crippen LogP contribution in [0.3, 0.4) is 0 Å². The molecule has 1 aromatic carbocycles. The Morgan fingerprint density at radius 1 is 1.23 bits per heavy atom. The molecule has 0 saturated carbocycles. The second-order valence-electron chi connectivity index (χ2n) is 3.91. The lowest BCUT2D eigenvalue weighted by atomic mass is 10.2. The summed E-state index contributed by atoms with van der Waals surface area (Å²) in [4.78, 5) is 0. The predicted octanol–water partition coefficient (Wildman–Crippen LogP) is 1.05. The normalized spacial score (nSPS) is 11.7. The van der Waals surface area contributed by atoms with Crippen LogP contribution < -0.4 is 5.19 Å². The lowest BCUT2D eigenvalue weighted by molar-refractivity contribution is 0.282. The molecule has 0 atom stereocenters. The van der Waals surface area contributed by atoms with E-state index in [9.17, 15) is 0 Å². The Labute approximate surface area is 82.6 Å². The van der Waals surface area contributed by atoms with Gasteiger partial charge in [0.2, 0.25) is 0 Å². The van der Waals surface area contributed by atoms with E-state index in [1.54, 1.807) is 0 Å². The molecule has 13 heavy (non-hydrogen) atoms. The van der Waals surface area contributed by atoms with Gasteiger partial charge in [-0.1, -0.05) is 49.3 Å². The third kappa shape index (κ3) is 3.74. The van der Waals surface area contributed by atoms with Crippen LogP contribution in [-0.4, -0.2) is 14.6 Å². The fraction of sp³-hybridized carbons (Fsp3) is 0.455. The summed E-state index contributed by atoms with van der Waals surface area (Å²) in [6.45, 7) is 4.70. The Kier molecular flexibility index (Phi) is 4.19. The van der Waals surface area contributed by atoms with Gasteiger partial charge in [-0.3, -0.25) is 0 Å². The zero-order valence-corrected chi connectivity index (χ0v) is 9.87. The molecule has 0 amide bonds. The first-order valence-electron chi connectivity index (χ1n) is 4.91. The van der Waals surface area contributed by atoms with Crippen LogP contribution >= 0.6 is 0 Å². The molecule has 1 aromatic rings. The second-order valence-corrected chi connectivity index (χ2v) is 5.80. The molecule has 0 aliphatic rings. The van der Waals surface area contributed by atoms with Gasteiger partial charge in [0.15, 0.2) is 0 Å². The summed E-state index contributed by atoms with van der Waals surface area (Å²) in [6, 6.07) is 9.77. The fourth-order valence-electron chi connectivity index (χ4n) is 1.27. The third-order valence-electron chi connectivity index (χ3n) is 2.22. The maximum absolute atomic E-state index is 8.86. The summed E-state index contributed by atoms with van der Waals surface area (Å²) in [5.74, 6) is 0.823. The van der Waals surface area contributed by atoms with Crippen LogP contribution in [0.2, 0.25) is 6.04 Å². The third-order valence-corrected chi connectivity index (χ3v) is 4.71. The van der Waals surface area contributed by atoms with E-state index >= 15 is 0 Å². The van der Waals surface area contributed by atoms with Crippen molar-refractivity contribution in [1.82, 2.24) is 0 Å². The van der Waals surface area contributed by atoms with E-state index in [1.165, 1.54) is 11.2 Å². The molecule has 2 heteroatoms. The lowest BCUT2D eigenvalue weighted by Gasteiger charge is -2.04. The maximum Gasteiger partial charge on any atom is 0.0681 e. The summed E-state index contributed by atoms with van der Waals surface area (Å²) in [5, 5.41) is 10.4. The first kappa shape index (κ1) is 10.5.